The maximum Gasteiger partial charge on any atom is 0.322 e. The number of hydrogen-bond donors (Lipinski definition) is 4. The molecule has 0 aliphatic rings. The second-order valence-electron chi connectivity index (χ2n) is 5.21. The summed E-state index contributed by atoms with van der Waals surface area (Å²) in [5, 5.41) is 30.1. The number of carboxylic acid groups (broad SMARTS) is 1. The van der Waals surface area contributed by atoms with Crippen LogP contribution in [0, 0.1) is 0 Å². The average Bonchev–Trinajstić information content (AvgIpc) is 2.60. The number of carbonyl (C=O) groups excluding carboxylic acids is 1. The largest absolute Gasteiger partial charge is 0.508 e. The van der Waals surface area contributed by atoms with Crippen molar-refractivity contribution in [2.75, 3.05) is 6.54 Å². The summed E-state index contributed by atoms with van der Waals surface area (Å²) in [6.07, 6.45) is 1.43. The SMILES string of the molecule is O=C(O)CNC(=O)c1c(O)ccc2nc(-c3ccc(O)cc3)cnc12. The van der Waals surface area contributed by atoms with Crippen LogP contribution in [-0.2, 0) is 4.79 Å². The molecule has 0 unspecified atom stereocenters. The van der Waals surface area contributed by atoms with Crippen LogP contribution in [0.1, 0.15) is 10.4 Å². The number of hydrogen-bond acceptors (Lipinski definition) is 6. The lowest BCUT2D eigenvalue weighted by Gasteiger charge is -2.09. The van der Waals surface area contributed by atoms with Crippen molar-refractivity contribution in [3.8, 4) is 22.8 Å². The lowest BCUT2D eigenvalue weighted by Crippen LogP contribution is -2.29. The predicted molar refractivity (Wildman–Crippen MR) is 88.3 cm³/mol. The summed E-state index contributed by atoms with van der Waals surface area (Å²) in [7, 11) is 0. The molecular formula is C17H13N3O5. The number of rotatable bonds is 4. The molecule has 1 heterocycles. The fourth-order valence-corrected chi connectivity index (χ4v) is 2.31. The lowest BCUT2D eigenvalue weighted by atomic mass is 10.1. The molecule has 0 spiro atoms. The first-order valence-corrected chi connectivity index (χ1v) is 7.24. The highest BCUT2D eigenvalue weighted by Crippen LogP contribution is 2.27. The van der Waals surface area contributed by atoms with Crippen molar-refractivity contribution in [1.29, 1.82) is 0 Å². The number of aromatic hydroxyl groups is 2. The van der Waals surface area contributed by atoms with Gasteiger partial charge in [-0.3, -0.25) is 14.6 Å². The van der Waals surface area contributed by atoms with Crippen LogP contribution in [0.15, 0.2) is 42.6 Å². The zero-order chi connectivity index (χ0) is 18.0. The number of fused-ring (bicyclic) bond motifs is 1. The quantitative estimate of drug-likeness (QED) is 0.566. The summed E-state index contributed by atoms with van der Waals surface area (Å²) in [6.45, 7) is -0.576. The van der Waals surface area contributed by atoms with E-state index in [1.807, 2.05) is 0 Å². The van der Waals surface area contributed by atoms with Crippen molar-refractivity contribution in [2.24, 2.45) is 0 Å². The van der Waals surface area contributed by atoms with Gasteiger partial charge in [0.15, 0.2) is 0 Å². The summed E-state index contributed by atoms with van der Waals surface area (Å²) in [5.41, 5.74) is 1.63. The Morgan fingerprint density at radius 1 is 1.04 bits per heavy atom. The molecule has 0 saturated carbocycles. The molecule has 25 heavy (non-hydrogen) atoms. The lowest BCUT2D eigenvalue weighted by molar-refractivity contribution is -0.135. The summed E-state index contributed by atoms with van der Waals surface area (Å²) in [6, 6.07) is 9.19. The molecule has 0 aliphatic heterocycles. The van der Waals surface area contributed by atoms with Crippen LogP contribution in [0.2, 0.25) is 0 Å². The van der Waals surface area contributed by atoms with Crippen LogP contribution in [0.4, 0.5) is 0 Å². The molecular weight excluding hydrogens is 326 g/mol. The molecule has 8 nitrogen and oxygen atoms in total. The molecule has 1 amide bonds. The van der Waals surface area contributed by atoms with Gasteiger partial charge in [0.05, 0.1) is 17.4 Å². The highest BCUT2D eigenvalue weighted by atomic mass is 16.4. The minimum Gasteiger partial charge on any atom is -0.508 e. The Morgan fingerprint density at radius 2 is 1.76 bits per heavy atom. The first-order valence-electron chi connectivity index (χ1n) is 7.24. The van der Waals surface area contributed by atoms with E-state index in [4.69, 9.17) is 5.11 Å². The second kappa shape index (κ2) is 6.44. The Hall–Kier alpha value is -3.68. The molecule has 2 aromatic carbocycles. The Morgan fingerprint density at radius 3 is 2.44 bits per heavy atom. The zero-order valence-electron chi connectivity index (χ0n) is 12.8. The number of phenols is 2. The van der Waals surface area contributed by atoms with Gasteiger partial charge in [0.25, 0.3) is 5.91 Å². The molecule has 126 valence electrons. The van der Waals surface area contributed by atoms with E-state index in [9.17, 15) is 19.8 Å². The number of aliphatic carboxylic acids is 1. The van der Waals surface area contributed by atoms with Gasteiger partial charge >= 0.3 is 5.97 Å². The maximum atomic E-state index is 12.1. The van der Waals surface area contributed by atoms with Gasteiger partial charge < -0.3 is 20.6 Å². The van der Waals surface area contributed by atoms with Crippen molar-refractivity contribution in [3.63, 3.8) is 0 Å². The van der Waals surface area contributed by atoms with Gasteiger partial charge in [-0.2, -0.15) is 0 Å². The van der Waals surface area contributed by atoms with E-state index in [0.29, 0.717) is 11.2 Å². The second-order valence-corrected chi connectivity index (χ2v) is 5.21. The van der Waals surface area contributed by atoms with Crippen LogP contribution in [-0.4, -0.2) is 43.7 Å². The number of nitrogens with zero attached hydrogens (tertiary/aromatic N) is 2. The number of carboxylic acids is 1. The molecule has 0 fully saturated rings. The topological polar surface area (TPSA) is 133 Å². The Bertz CT molecular complexity index is 970. The molecule has 8 heteroatoms. The standard InChI is InChI=1S/C17H13N3O5/c21-10-3-1-9(2-4-10)12-7-18-16-11(20-12)5-6-13(22)15(16)17(25)19-8-14(23)24/h1-7,21-22H,8H2,(H,19,25)(H,23,24). The third-order valence-corrected chi connectivity index (χ3v) is 3.48. The van der Waals surface area contributed by atoms with E-state index >= 15 is 0 Å². The number of carbonyl (C=O) groups is 2. The van der Waals surface area contributed by atoms with Crippen LogP contribution in [0.5, 0.6) is 11.5 Å². The van der Waals surface area contributed by atoms with Crippen molar-refractivity contribution in [1.82, 2.24) is 15.3 Å². The molecule has 0 aliphatic carbocycles. The zero-order valence-corrected chi connectivity index (χ0v) is 12.8. The van der Waals surface area contributed by atoms with Gasteiger partial charge in [-0.05, 0) is 36.4 Å². The van der Waals surface area contributed by atoms with Gasteiger partial charge in [-0.1, -0.05) is 0 Å². The van der Waals surface area contributed by atoms with E-state index in [1.54, 1.807) is 12.1 Å². The molecule has 4 N–H and O–H groups in total. The number of benzene rings is 2. The van der Waals surface area contributed by atoms with Crippen molar-refractivity contribution in [2.45, 2.75) is 0 Å². The highest BCUT2D eigenvalue weighted by Gasteiger charge is 2.18. The van der Waals surface area contributed by atoms with E-state index in [1.165, 1.54) is 30.5 Å². The monoisotopic (exact) mass is 339 g/mol. The number of aromatic nitrogens is 2. The molecule has 0 atom stereocenters. The first kappa shape index (κ1) is 16.2. The van der Waals surface area contributed by atoms with E-state index in [2.05, 4.69) is 15.3 Å². The Labute approximate surface area is 141 Å². The predicted octanol–water partition coefficient (Wildman–Crippen LogP) is 1.52. The van der Waals surface area contributed by atoms with Gasteiger partial charge in [0, 0.05) is 5.56 Å². The molecule has 0 radical (unpaired) electrons. The minimum absolute atomic E-state index is 0.125. The summed E-state index contributed by atoms with van der Waals surface area (Å²) >= 11 is 0. The van der Waals surface area contributed by atoms with Crippen LogP contribution >= 0.6 is 0 Å². The molecule has 3 aromatic rings. The third-order valence-electron chi connectivity index (χ3n) is 3.48. The Kier molecular flexibility index (Phi) is 4.17. The number of amides is 1. The van der Waals surface area contributed by atoms with Gasteiger partial charge in [-0.15, -0.1) is 0 Å². The van der Waals surface area contributed by atoms with E-state index < -0.39 is 18.4 Å². The minimum atomic E-state index is -1.20. The summed E-state index contributed by atoms with van der Waals surface area (Å²) in [4.78, 5) is 31.3. The van der Waals surface area contributed by atoms with Gasteiger partial charge in [-0.25, -0.2) is 4.98 Å². The van der Waals surface area contributed by atoms with Crippen LogP contribution in [0.3, 0.4) is 0 Å². The number of nitrogens with one attached hydrogen (secondary N) is 1. The van der Waals surface area contributed by atoms with Crippen molar-refractivity contribution < 1.29 is 24.9 Å². The fraction of sp³-hybridized carbons (Fsp3) is 0.0588. The Balaban J connectivity index is 2.04. The molecule has 1 aromatic heterocycles. The molecule has 0 bridgehead atoms. The fourth-order valence-electron chi connectivity index (χ4n) is 2.31. The van der Waals surface area contributed by atoms with Crippen molar-refractivity contribution in [3.05, 3.63) is 48.2 Å². The maximum absolute atomic E-state index is 12.1. The van der Waals surface area contributed by atoms with Crippen LogP contribution < -0.4 is 5.32 Å². The smallest absolute Gasteiger partial charge is 0.322 e. The summed E-state index contributed by atoms with van der Waals surface area (Å²) in [5.74, 6) is -2.15. The number of phenolic OH excluding ortho intramolecular Hbond substituents is 2. The average molecular weight is 339 g/mol. The van der Waals surface area contributed by atoms with Gasteiger partial charge in [0.1, 0.15) is 29.1 Å². The first-order chi connectivity index (χ1) is 12.0. The van der Waals surface area contributed by atoms with Crippen LogP contribution in [0.25, 0.3) is 22.3 Å². The molecule has 3 rings (SSSR count). The third kappa shape index (κ3) is 3.32. The van der Waals surface area contributed by atoms with Gasteiger partial charge in [0.2, 0.25) is 0 Å². The normalized spacial score (nSPS) is 10.6. The summed E-state index contributed by atoms with van der Waals surface area (Å²) < 4.78 is 0. The van der Waals surface area contributed by atoms with E-state index in [-0.39, 0.29) is 22.6 Å². The van der Waals surface area contributed by atoms with Crippen molar-refractivity contribution >= 4 is 22.9 Å². The molecule has 0 saturated heterocycles. The highest BCUT2D eigenvalue weighted by molar-refractivity contribution is 6.08. The van der Waals surface area contributed by atoms with E-state index in [0.717, 1.165) is 5.56 Å².